The zero-order valence-electron chi connectivity index (χ0n) is 11.3. The van der Waals surface area contributed by atoms with Crippen LogP contribution < -0.4 is 5.32 Å². The molecule has 2 rings (SSSR count). The van der Waals surface area contributed by atoms with Crippen molar-refractivity contribution in [1.29, 1.82) is 0 Å². The summed E-state index contributed by atoms with van der Waals surface area (Å²) >= 11 is 0. The Balaban J connectivity index is 2.10. The van der Waals surface area contributed by atoms with Crippen molar-refractivity contribution in [2.75, 3.05) is 7.05 Å². The summed E-state index contributed by atoms with van der Waals surface area (Å²) in [5.41, 5.74) is 3.68. The molecule has 0 amide bonds. The molecule has 2 nitrogen and oxygen atoms in total. The molecule has 0 aliphatic heterocycles. The molecule has 1 heterocycles. The van der Waals surface area contributed by atoms with Crippen molar-refractivity contribution in [1.82, 2.24) is 10.3 Å². The van der Waals surface area contributed by atoms with Crippen LogP contribution in [-0.2, 0) is 0 Å². The van der Waals surface area contributed by atoms with Gasteiger partial charge < -0.3 is 5.32 Å². The van der Waals surface area contributed by atoms with Gasteiger partial charge in [0.1, 0.15) is 0 Å². The predicted octanol–water partition coefficient (Wildman–Crippen LogP) is 3.54. The molecule has 0 bridgehead atoms. The molecule has 0 spiro atoms. The standard InChI is InChI=1S/C15H24N2/c1-11-8-9-14(12(2)17-11)15(16-3)10-13-6-4-5-7-13/h8-9,13,15-16H,4-7,10H2,1-3H3. The van der Waals surface area contributed by atoms with Crippen LogP contribution in [-0.4, -0.2) is 12.0 Å². The molecule has 1 aliphatic rings. The average molecular weight is 232 g/mol. The molecular formula is C15H24N2. The first-order valence-electron chi connectivity index (χ1n) is 6.82. The van der Waals surface area contributed by atoms with Crippen molar-refractivity contribution in [2.45, 2.75) is 52.0 Å². The second-order valence-electron chi connectivity index (χ2n) is 5.35. The summed E-state index contributed by atoms with van der Waals surface area (Å²) in [6, 6.07) is 4.85. The Morgan fingerprint density at radius 2 is 2.00 bits per heavy atom. The lowest BCUT2D eigenvalue weighted by molar-refractivity contribution is 0.411. The Bertz CT molecular complexity index is 367. The molecular weight excluding hydrogens is 208 g/mol. The predicted molar refractivity (Wildman–Crippen MR) is 72.1 cm³/mol. The Labute approximate surface area is 105 Å². The zero-order chi connectivity index (χ0) is 12.3. The largest absolute Gasteiger partial charge is 0.313 e. The minimum Gasteiger partial charge on any atom is -0.313 e. The monoisotopic (exact) mass is 232 g/mol. The summed E-state index contributed by atoms with van der Waals surface area (Å²) in [7, 11) is 2.07. The van der Waals surface area contributed by atoms with E-state index < -0.39 is 0 Å². The molecule has 1 N–H and O–H groups in total. The maximum Gasteiger partial charge on any atom is 0.0423 e. The first-order chi connectivity index (χ1) is 8.20. The maximum absolute atomic E-state index is 4.58. The van der Waals surface area contributed by atoms with Crippen LogP contribution in [0, 0.1) is 19.8 Å². The van der Waals surface area contributed by atoms with E-state index in [9.17, 15) is 0 Å². The van der Waals surface area contributed by atoms with Crippen molar-refractivity contribution >= 4 is 0 Å². The van der Waals surface area contributed by atoms with Gasteiger partial charge in [0.05, 0.1) is 0 Å². The van der Waals surface area contributed by atoms with E-state index in [1.165, 1.54) is 43.4 Å². The van der Waals surface area contributed by atoms with Gasteiger partial charge in [0.25, 0.3) is 0 Å². The average Bonchev–Trinajstić information content (AvgIpc) is 2.79. The third kappa shape index (κ3) is 3.06. The van der Waals surface area contributed by atoms with Gasteiger partial charge in [-0.1, -0.05) is 31.7 Å². The van der Waals surface area contributed by atoms with Crippen LogP contribution in [0.5, 0.6) is 0 Å². The van der Waals surface area contributed by atoms with Crippen molar-refractivity contribution < 1.29 is 0 Å². The number of hydrogen-bond donors (Lipinski definition) is 1. The van der Waals surface area contributed by atoms with E-state index in [1.807, 2.05) is 0 Å². The van der Waals surface area contributed by atoms with Crippen molar-refractivity contribution in [3.05, 3.63) is 29.1 Å². The lowest BCUT2D eigenvalue weighted by Crippen LogP contribution is -2.20. The number of pyridine rings is 1. The fourth-order valence-corrected chi connectivity index (χ4v) is 3.05. The smallest absolute Gasteiger partial charge is 0.0423 e. The van der Waals surface area contributed by atoms with Crippen molar-refractivity contribution in [2.24, 2.45) is 5.92 Å². The number of nitrogens with zero attached hydrogens (tertiary/aromatic N) is 1. The molecule has 0 radical (unpaired) electrons. The Hall–Kier alpha value is -0.890. The van der Waals surface area contributed by atoms with Crippen LogP contribution in [0.1, 0.15) is 55.1 Å². The van der Waals surface area contributed by atoms with Crippen LogP contribution >= 0.6 is 0 Å². The van der Waals surface area contributed by atoms with Gasteiger partial charge in [-0.05, 0) is 44.9 Å². The molecule has 2 heteroatoms. The van der Waals surface area contributed by atoms with Gasteiger partial charge in [-0.15, -0.1) is 0 Å². The lowest BCUT2D eigenvalue weighted by atomic mass is 9.93. The molecule has 17 heavy (non-hydrogen) atoms. The first-order valence-corrected chi connectivity index (χ1v) is 6.82. The van der Waals surface area contributed by atoms with E-state index in [2.05, 4.69) is 43.3 Å². The molecule has 0 aromatic carbocycles. The minimum absolute atomic E-state index is 0.478. The van der Waals surface area contributed by atoms with Crippen LogP contribution in [0.25, 0.3) is 0 Å². The number of hydrogen-bond acceptors (Lipinski definition) is 2. The fourth-order valence-electron chi connectivity index (χ4n) is 3.05. The molecule has 1 aromatic rings. The third-order valence-electron chi connectivity index (χ3n) is 4.03. The second kappa shape index (κ2) is 5.63. The number of rotatable bonds is 4. The molecule has 1 atom stereocenters. The molecule has 0 saturated heterocycles. The van der Waals surface area contributed by atoms with Gasteiger partial charge in [-0.2, -0.15) is 0 Å². The summed E-state index contributed by atoms with van der Waals surface area (Å²) < 4.78 is 0. The highest BCUT2D eigenvalue weighted by Crippen LogP contribution is 2.33. The summed E-state index contributed by atoms with van der Waals surface area (Å²) in [5, 5.41) is 3.47. The highest BCUT2D eigenvalue weighted by Gasteiger charge is 2.21. The molecule has 94 valence electrons. The summed E-state index contributed by atoms with van der Waals surface area (Å²) in [6.45, 7) is 4.18. The summed E-state index contributed by atoms with van der Waals surface area (Å²) in [6.07, 6.45) is 6.94. The van der Waals surface area contributed by atoms with E-state index >= 15 is 0 Å². The van der Waals surface area contributed by atoms with Gasteiger partial charge >= 0.3 is 0 Å². The third-order valence-corrected chi connectivity index (χ3v) is 4.03. The number of aromatic nitrogens is 1. The molecule has 1 aliphatic carbocycles. The zero-order valence-corrected chi connectivity index (χ0v) is 11.3. The first kappa shape index (κ1) is 12.6. The highest BCUT2D eigenvalue weighted by molar-refractivity contribution is 5.25. The van der Waals surface area contributed by atoms with E-state index in [0.717, 1.165) is 11.6 Å². The normalized spacial score (nSPS) is 18.5. The van der Waals surface area contributed by atoms with Crippen LogP contribution in [0.4, 0.5) is 0 Å². The number of nitrogens with one attached hydrogen (secondary N) is 1. The minimum atomic E-state index is 0.478. The van der Waals surface area contributed by atoms with E-state index in [4.69, 9.17) is 0 Å². The molecule has 1 fully saturated rings. The lowest BCUT2D eigenvalue weighted by Gasteiger charge is -2.22. The molecule has 1 aromatic heterocycles. The number of aryl methyl sites for hydroxylation is 2. The Morgan fingerprint density at radius 3 is 2.59 bits per heavy atom. The summed E-state index contributed by atoms with van der Waals surface area (Å²) in [4.78, 5) is 4.58. The summed E-state index contributed by atoms with van der Waals surface area (Å²) in [5.74, 6) is 0.910. The van der Waals surface area contributed by atoms with E-state index in [-0.39, 0.29) is 0 Å². The van der Waals surface area contributed by atoms with Crippen LogP contribution in [0.2, 0.25) is 0 Å². The van der Waals surface area contributed by atoms with Crippen LogP contribution in [0.15, 0.2) is 12.1 Å². The van der Waals surface area contributed by atoms with Crippen molar-refractivity contribution in [3.8, 4) is 0 Å². The second-order valence-corrected chi connectivity index (χ2v) is 5.35. The maximum atomic E-state index is 4.58. The van der Waals surface area contributed by atoms with Crippen LogP contribution in [0.3, 0.4) is 0 Å². The van der Waals surface area contributed by atoms with Crippen molar-refractivity contribution in [3.63, 3.8) is 0 Å². The van der Waals surface area contributed by atoms with E-state index in [0.29, 0.717) is 6.04 Å². The SMILES string of the molecule is CNC(CC1CCCC1)c1ccc(C)nc1C. The van der Waals surface area contributed by atoms with Gasteiger partial charge in [0.15, 0.2) is 0 Å². The van der Waals surface area contributed by atoms with Gasteiger partial charge in [-0.3, -0.25) is 4.98 Å². The Kier molecular flexibility index (Phi) is 4.16. The van der Waals surface area contributed by atoms with Gasteiger partial charge in [-0.25, -0.2) is 0 Å². The quantitative estimate of drug-likeness (QED) is 0.859. The van der Waals surface area contributed by atoms with Gasteiger partial charge in [0, 0.05) is 17.4 Å². The topological polar surface area (TPSA) is 24.9 Å². The highest BCUT2D eigenvalue weighted by atomic mass is 14.9. The van der Waals surface area contributed by atoms with E-state index in [1.54, 1.807) is 0 Å². The molecule has 1 unspecified atom stereocenters. The fraction of sp³-hybridized carbons (Fsp3) is 0.667. The molecule has 1 saturated carbocycles. The van der Waals surface area contributed by atoms with Gasteiger partial charge in [0.2, 0.25) is 0 Å². The Morgan fingerprint density at radius 1 is 1.29 bits per heavy atom.